The third-order valence-electron chi connectivity index (χ3n) is 5.05. The van der Waals surface area contributed by atoms with Gasteiger partial charge in [-0.05, 0) is 68.2 Å². The molecule has 1 heterocycles. The van der Waals surface area contributed by atoms with E-state index in [1.807, 2.05) is 49.4 Å². The number of aryl methyl sites for hydroxylation is 1. The summed E-state index contributed by atoms with van der Waals surface area (Å²) in [5, 5.41) is 7.19. The van der Waals surface area contributed by atoms with Crippen molar-refractivity contribution in [1.29, 1.82) is 0 Å². The molecule has 3 rings (SSSR count). The van der Waals surface area contributed by atoms with E-state index in [0.717, 1.165) is 48.9 Å². The van der Waals surface area contributed by atoms with E-state index in [1.54, 1.807) is 0 Å². The first-order valence-electron chi connectivity index (χ1n) is 10.3. The van der Waals surface area contributed by atoms with Gasteiger partial charge in [-0.2, -0.15) is 0 Å². The second kappa shape index (κ2) is 10.8. The van der Waals surface area contributed by atoms with Gasteiger partial charge in [0.1, 0.15) is 5.75 Å². The molecule has 0 radical (unpaired) electrons. The predicted molar refractivity (Wildman–Crippen MR) is 121 cm³/mol. The van der Waals surface area contributed by atoms with Gasteiger partial charge < -0.3 is 20.3 Å². The molecule has 2 aromatic carbocycles. The van der Waals surface area contributed by atoms with Gasteiger partial charge in [0.05, 0.1) is 6.61 Å². The first kappa shape index (κ1) is 21.1. The van der Waals surface area contributed by atoms with Crippen molar-refractivity contribution in [2.45, 2.75) is 38.6 Å². The molecule has 0 unspecified atom stereocenters. The highest BCUT2D eigenvalue weighted by Crippen LogP contribution is 2.17. The van der Waals surface area contributed by atoms with E-state index >= 15 is 0 Å². The summed E-state index contributed by atoms with van der Waals surface area (Å²) in [4.78, 5) is 14.4. The molecule has 1 aliphatic heterocycles. The fourth-order valence-electron chi connectivity index (χ4n) is 3.43. The van der Waals surface area contributed by atoms with Gasteiger partial charge in [0.25, 0.3) is 0 Å². The van der Waals surface area contributed by atoms with Gasteiger partial charge in [-0.3, -0.25) is 4.79 Å². The van der Waals surface area contributed by atoms with Crippen LogP contribution in [0.3, 0.4) is 0 Å². The zero-order valence-electron chi connectivity index (χ0n) is 16.9. The van der Waals surface area contributed by atoms with Crippen LogP contribution in [0.25, 0.3) is 0 Å². The third-order valence-corrected chi connectivity index (χ3v) is 5.41. The van der Waals surface area contributed by atoms with Crippen molar-refractivity contribution in [1.82, 2.24) is 10.2 Å². The molecule has 1 aliphatic rings. The normalized spacial score (nSPS) is 14.3. The maximum atomic E-state index is 12.2. The number of piperidine rings is 1. The summed E-state index contributed by atoms with van der Waals surface area (Å²) in [6.07, 6.45) is 3.12. The molecule has 0 aliphatic carbocycles. The number of carbonyl (C=O) groups excluding carboxylic acids is 1. The van der Waals surface area contributed by atoms with Crippen molar-refractivity contribution in [3.05, 3.63) is 60.2 Å². The van der Waals surface area contributed by atoms with Crippen molar-refractivity contribution in [3.63, 3.8) is 0 Å². The standard InChI is InChI=1S/C23H29N3O2S/c1-2-28-21-11-9-19(10-12-21)25-23(29)26-16-14-20(15-17-26)24-22(27)13-8-18-6-4-3-5-7-18/h3-7,9-12,20H,2,8,13-17H2,1H3,(H,24,27)(H,25,29). The zero-order chi connectivity index (χ0) is 20.5. The second-order valence-electron chi connectivity index (χ2n) is 7.20. The van der Waals surface area contributed by atoms with Crippen LogP contribution in [0.15, 0.2) is 54.6 Å². The highest BCUT2D eigenvalue weighted by atomic mass is 32.1. The minimum Gasteiger partial charge on any atom is -0.494 e. The number of carbonyl (C=O) groups is 1. The Morgan fingerprint density at radius 3 is 2.45 bits per heavy atom. The molecule has 0 bridgehead atoms. The average Bonchev–Trinajstić information content (AvgIpc) is 2.75. The Labute approximate surface area is 178 Å². The number of likely N-dealkylation sites (tertiary alicyclic amines) is 1. The van der Waals surface area contributed by atoms with E-state index in [9.17, 15) is 4.79 Å². The average molecular weight is 412 g/mol. The molecule has 5 nitrogen and oxygen atoms in total. The molecule has 1 amide bonds. The number of hydrogen-bond donors (Lipinski definition) is 2. The number of nitrogens with one attached hydrogen (secondary N) is 2. The first-order chi connectivity index (χ1) is 14.1. The van der Waals surface area contributed by atoms with E-state index in [2.05, 4.69) is 27.7 Å². The molecule has 0 atom stereocenters. The van der Waals surface area contributed by atoms with Crippen LogP contribution in [0.4, 0.5) is 5.69 Å². The Kier molecular flexibility index (Phi) is 7.87. The monoisotopic (exact) mass is 411 g/mol. The van der Waals surface area contributed by atoms with Crippen LogP contribution in [0.5, 0.6) is 5.75 Å². The minimum absolute atomic E-state index is 0.127. The summed E-state index contributed by atoms with van der Waals surface area (Å²) in [6, 6.07) is 18.2. The Morgan fingerprint density at radius 2 is 1.79 bits per heavy atom. The number of rotatable bonds is 7. The van der Waals surface area contributed by atoms with Gasteiger partial charge in [0.15, 0.2) is 5.11 Å². The number of benzene rings is 2. The molecule has 0 spiro atoms. The molecule has 29 heavy (non-hydrogen) atoms. The molecule has 0 saturated carbocycles. The predicted octanol–water partition coefficient (Wildman–Crippen LogP) is 4.00. The minimum atomic E-state index is 0.127. The highest BCUT2D eigenvalue weighted by molar-refractivity contribution is 7.80. The van der Waals surface area contributed by atoms with Crippen molar-refractivity contribution in [2.24, 2.45) is 0 Å². The van der Waals surface area contributed by atoms with Gasteiger partial charge in [0, 0.05) is 31.2 Å². The second-order valence-corrected chi connectivity index (χ2v) is 7.59. The Morgan fingerprint density at radius 1 is 1.10 bits per heavy atom. The maximum absolute atomic E-state index is 12.2. The van der Waals surface area contributed by atoms with Crippen molar-refractivity contribution in [2.75, 3.05) is 25.0 Å². The summed E-state index contributed by atoms with van der Waals surface area (Å²) in [7, 11) is 0. The summed E-state index contributed by atoms with van der Waals surface area (Å²) in [6.45, 7) is 4.30. The number of anilines is 1. The van der Waals surface area contributed by atoms with Gasteiger partial charge in [0.2, 0.25) is 5.91 Å². The smallest absolute Gasteiger partial charge is 0.220 e. The van der Waals surface area contributed by atoms with Crippen molar-refractivity contribution >= 4 is 28.9 Å². The molecule has 0 aromatic heterocycles. The third kappa shape index (κ3) is 6.75. The molecule has 154 valence electrons. The van der Waals surface area contributed by atoms with Crippen LogP contribution in [-0.2, 0) is 11.2 Å². The Hall–Kier alpha value is -2.60. The van der Waals surface area contributed by atoms with Gasteiger partial charge in [-0.25, -0.2) is 0 Å². The van der Waals surface area contributed by atoms with Crippen LogP contribution in [0.1, 0.15) is 31.7 Å². The molecular formula is C23H29N3O2S. The van der Waals surface area contributed by atoms with Crippen LogP contribution < -0.4 is 15.4 Å². The van der Waals surface area contributed by atoms with E-state index in [4.69, 9.17) is 17.0 Å². The molecule has 1 fully saturated rings. The Balaban J connectivity index is 1.38. The van der Waals surface area contributed by atoms with E-state index in [-0.39, 0.29) is 11.9 Å². The number of thiocarbonyl (C=S) groups is 1. The fourth-order valence-corrected chi connectivity index (χ4v) is 3.73. The van der Waals surface area contributed by atoms with E-state index in [1.165, 1.54) is 5.56 Å². The molecule has 6 heteroatoms. The lowest BCUT2D eigenvalue weighted by Gasteiger charge is -2.34. The summed E-state index contributed by atoms with van der Waals surface area (Å²) >= 11 is 5.56. The number of nitrogens with zero attached hydrogens (tertiary/aromatic N) is 1. The van der Waals surface area contributed by atoms with Gasteiger partial charge in [-0.1, -0.05) is 30.3 Å². The first-order valence-corrected chi connectivity index (χ1v) is 10.7. The lowest BCUT2D eigenvalue weighted by atomic mass is 10.0. The molecule has 1 saturated heterocycles. The van der Waals surface area contributed by atoms with Crippen LogP contribution >= 0.6 is 12.2 Å². The zero-order valence-corrected chi connectivity index (χ0v) is 17.7. The lowest BCUT2D eigenvalue weighted by Crippen LogP contribution is -2.47. The number of ether oxygens (including phenoxy) is 1. The van der Waals surface area contributed by atoms with Gasteiger partial charge in [-0.15, -0.1) is 0 Å². The van der Waals surface area contributed by atoms with Gasteiger partial charge >= 0.3 is 0 Å². The summed E-state index contributed by atoms with van der Waals surface area (Å²) in [5.41, 5.74) is 2.15. The van der Waals surface area contributed by atoms with Crippen LogP contribution in [0, 0.1) is 0 Å². The highest BCUT2D eigenvalue weighted by Gasteiger charge is 2.22. The maximum Gasteiger partial charge on any atom is 0.220 e. The summed E-state index contributed by atoms with van der Waals surface area (Å²) < 4.78 is 5.46. The molecule has 2 N–H and O–H groups in total. The fraction of sp³-hybridized carbons (Fsp3) is 0.391. The van der Waals surface area contributed by atoms with Crippen molar-refractivity contribution in [3.8, 4) is 5.75 Å². The van der Waals surface area contributed by atoms with E-state index < -0.39 is 0 Å². The number of hydrogen-bond acceptors (Lipinski definition) is 3. The Bertz CT molecular complexity index is 788. The lowest BCUT2D eigenvalue weighted by molar-refractivity contribution is -0.122. The van der Waals surface area contributed by atoms with Crippen LogP contribution in [0.2, 0.25) is 0 Å². The molecule has 2 aromatic rings. The largest absolute Gasteiger partial charge is 0.494 e. The summed E-state index contributed by atoms with van der Waals surface area (Å²) in [5.74, 6) is 0.982. The quantitative estimate of drug-likeness (QED) is 0.675. The molecular weight excluding hydrogens is 382 g/mol. The van der Waals surface area contributed by atoms with E-state index in [0.29, 0.717) is 13.0 Å². The number of amides is 1. The SMILES string of the molecule is CCOc1ccc(NC(=S)N2CCC(NC(=O)CCc3ccccc3)CC2)cc1. The topological polar surface area (TPSA) is 53.6 Å². The van der Waals surface area contributed by atoms with Crippen LogP contribution in [-0.4, -0.2) is 41.7 Å². The van der Waals surface area contributed by atoms with Crippen molar-refractivity contribution < 1.29 is 9.53 Å².